The topological polar surface area (TPSA) is 89.3 Å². The van der Waals surface area contributed by atoms with Crippen LogP contribution < -0.4 is 5.56 Å². The quantitative estimate of drug-likeness (QED) is 0.448. The van der Waals surface area contributed by atoms with E-state index in [1.165, 1.54) is 47.0 Å². The van der Waals surface area contributed by atoms with E-state index in [0.29, 0.717) is 29.3 Å². The minimum Gasteiger partial charge on any atom is -0.492 e. The van der Waals surface area contributed by atoms with Crippen molar-refractivity contribution in [3.8, 4) is 5.88 Å². The van der Waals surface area contributed by atoms with Gasteiger partial charge in [-0.2, -0.15) is 4.98 Å². The van der Waals surface area contributed by atoms with E-state index in [4.69, 9.17) is 0 Å². The summed E-state index contributed by atoms with van der Waals surface area (Å²) >= 11 is 3.25. The van der Waals surface area contributed by atoms with Crippen LogP contribution in [0.5, 0.6) is 5.88 Å². The minimum atomic E-state index is -4.35. The third-order valence-corrected chi connectivity index (χ3v) is 7.52. The Labute approximate surface area is 194 Å². The zero-order valence-electron chi connectivity index (χ0n) is 17.8. The number of hydrogen-bond donors (Lipinski definition) is 1. The van der Waals surface area contributed by atoms with Crippen LogP contribution >= 0.6 is 15.9 Å². The highest BCUT2D eigenvalue weighted by molar-refractivity contribution is 9.10. The van der Waals surface area contributed by atoms with Crippen LogP contribution in [0.15, 0.2) is 67.6 Å². The summed E-state index contributed by atoms with van der Waals surface area (Å²) in [6.45, 7) is 3.79. The number of sulfone groups is 1. The molecule has 1 N–H and O–H groups in total. The fourth-order valence-corrected chi connectivity index (χ4v) is 5.24. The summed E-state index contributed by atoms with van der Waals surface area (Å²) < 4.78 is 42.4. The Morgan fingerprint density at radius 2 is 1.84 bits per heavy atom. The number of aryl methyl sites for hydroxylation is 1. The molecule has 3 aromatic rings. The van der Waals surface area contributed by atoms with Crippen molar-refractivity contribution in [2.75, 3.05) is 0 Å². The molecule has 0 amide bonds. The van der Waals surface area contributed by atoms with E-state index in [9.17, 15) is 22.7 Å². The maximum atomic E-state index is 13.9. The van der Waals surface area contributed by atoms with Gasteiger partial charge in [-0.1, -0.05) is 48.3 Å². The highest BCUT2D eigenvalue weighted by atomic mass is 79.9. The van der Waals surface area contributed by atoms with Crippen molar-refractivity contribution >= 4 is 25.8 Å². The minimum absolute atomic E-state index is 0.137. The largest absolute Gasteiger partial charge is 0.492 e. The average molecular weight is 523 g/mol. The predicted molar refractivity (Wildman–Crippen MR) is 123 cm³/mol. The molecule has 0 aliphatic carbocycles. The average Bonchev–Trinajstić information content (AvgIpc) is 2.74. The van der Waals surface area contributed by atoms with Gasteiger partial charge in [0.1, 0.15) is 11.6 Å². The summed E-state index contributed by atoms with van der Waals surface area (Å²) in [6, 6.07) is 11.0. The Morgan fingerprint density at radius 3 is 2.44 bits per heavy atom. The SMILES string of the molecule is CCCCc1nc(O)c(S(=O)(=O)c2ccc(Br)cc2)c(=O)n1[C@@H](CC)c1cccc(F)c1. The second kappa shape index (κ2) is 9.95. The summed E-state index contributed by atoms with van der Waals surface area (Å²) in [5.41, 5.74) is -0.352. The molecule has 2 aromatic carbocycles. The maximum absolute atomic E-state index is 13.9. The molecule has 0 aliphatic heterocycles. The number of unbranched alkanes of at least 4 members (excludes halogenated alkanes) is 1. The molecule has 3 rings (SSSR count). The highest BCUT2D eigenvalue weighted by Crippen LogP contribution is 2.29. The number of rotatable bonds is 8. The van der Waals surface area contributed by atoms with E-state index >= 15 is 0 Å². The molecular weight excluding hydrogens is 499 g/mol. The first-order valence-corrected chi connectivity index (χ1v) is 12.6. The van der Waals surface area contributed by atoms with Crippen LogP contribution in [0.1, 0.15) is 50.5 Å². The Morgan fingerprint density at radius 1 is 1.16 bits per heavy atom. The Balaban J connectivity index is 2.30. The molecule has 170 valence electrons. The van der Waals surface area contributed by atoms with Crippen LogP contribution in [0.2, 0.25) is 0 Å². The molecule has 0 saturated carbocycles. The summed E-state index contributed by atoms with van der Waals surface area (Å²) in [4.78, 5) is 16.8. The van der Waals surface area contributed by atoms with Crippen LogP contribution in [0.4, 0.5) is 4.39 Å². The van der Waals surface area contributed by atoms with Crippen molar-refractivity contribution in [1.29, 1.82) is 0 Å². The lowest BCUT2D eigenvalue weighted by molar-refractivity contribution is 0.406. The van der Waals surface area contributed by atoms with Gasteiger partial charge in [0.15, 0.2) is 4.90 Å². The molecule has 0 saturated heterocycles. The summed E-state index contributed by atoms with van der Waals surface area (Å²) in [5, 5.41) is 10.5. The molecular formula is C23H24BrFN2O4S. The number of aromatic hydroxyl groups is 1. The lowest BCUT2D eigenvalue weighted by Gasteiger charge is -2.23. The Kier molecular flexibility index (Phi) is 7.51. The standard InChI is InChI=1S/C23H24BrFN2O4S/c1-3-5-9-20-26-22(28)21(32(30,31)18-12-10-16(24)11-13-18)23(29)27(20)19(4-2)15-7-6-8-17(25)14-15/h6-8,10-14,19,28H,3-5,9H2,1-2H3/t19-/m0/s1. The Bertz CT molecular complexity index is 1270. The van der Waals surface area contributed by atoms with Gasteiger partial charge < -0.3 is 5.11 Å². The maximum Gasteiger partial charge on any atom is 0.277 e. The molecule has 0 fully saturated rings. The normalized spacial score (nSPS) is 12.6. The molecule has 0 spiro atoms. The fourth-order valence-electron chi connectivity index (χ4n) is 3.63. The molecule has 32 heavy (non-hydrogen) atoms. The zero-order chi connectivity index (χ0) is 23.5. The van der Waals surface area contributed by atoms with Crippen LogP contribution in [0, 0.1) is 5.82 Å². The van der Waals surface area contributed by atoms with Crippen LogP contribution in [-0.2, 0) is 16.3 Å². The number of hydrogen-bond acceptors (Lipinski definition) is 5. The van der Waals surface area contributed by atoms with E-state index in [2.05, 4.69) is 20.9 Å². The van der Waals surface area contributed by atoms with E-state index in [0.717, 1.165) is 6.42 Å². The van der Waals surface area contributed by atoms with Gasteiger partial charge in [-0.3, -0.25) is 9.36 Å². The molecule has 1 heterocycles. The van der Waals surface area contributed by atoms with Gasteiger partial charge in [0.2, 0.25) is 15.7 Å². The third kappa shape index (κ3) is 4.78. The molecule has 1 atom stereocenters. The molecule has 0 bridgehead atoms. The smallest absolute Gasteiger partial charge is 0.277 e. The lowest BCUT2D eigenvalue weighted by atomic mass is 10.0. The van der Waals surface area contributed by atoms with Gasteiger partial charge in [0, 0.05) is 10.9 Å². The van der Waals surface area contributed by atoms with Crippen LogP contribution in [0.25, 0.3) is 0 Å². The second-order valence-corrected chi connectivity index (χ2v) is 10.2. The second-order valence-electron chi connectivity index (χ2n) is 7.40. The van der Waals surface area contributed by atoms with Gasteiger partial charge in [-0.15, -0.1) is 0 Å². The number of aromatic nitrogens is 2. The number of nitrogens with zero attached hydrogens (tertiary/aromatic N) is 2. The lowest BCUT2D eigenvalue weighted by Crippen LogP contribution is -2.33. The fraction of sp³-hybridized carbons (Fsp3) is 0.304. The predicted octanol–water partition coefficient (Wildman–Crippen LogP) is 5.03. The van der Waals surface area contributed by atoms with Gasteiger partial charge >= 0.3 is 0 Å². The first-order valence-electron chi connectivity index (χ1n) is 10.3. The van der Waals surface area contributed by atoms with Gasteiger partial charge in [0.25, 0.3) is 5.56 Å². The van der Waals surface area contributed by atoms with Crippen molar-refractivity contribution in [1.82, 2.24) is 9.55 Å². The van der Waals surface area contributed by atoms with Gasteiger partial charge in [-0.05, 0) is 54.8 Å². The molecule has 0 unspecified atom stereocenters. The summed E-state index contributed by atoms with van der Waals surface area (Å²) in [7, 11) is -4.35. The molecule has 6 nitrogen and oxygen atoms in total. The van der Waals surface area contributed by atoms with Gasteiger partial charge in [-0.25, -0.2) is 12.8 Å². The van der Waals surface area contributed by atoms with Crippen molar-refractivity contribution in [2.24, 2.45) is 0 Å². The summed E-state index contributed by atoms with van der Waals surface area (Å²) in [6.07, 6.45) is 2.26. The molecule has 0 aliphatic rings. The third-order valence-electron chi connectivity index (χ3n) is 5.21. The van der Waals surface area contributed by atoms with E-state index in [-0.39, 0.29) is 10.7 Å². The highest BCUT2D eigenvalue weighted by Gasteiger charge is 2.31. The molecule has 1 aromatic heterocycles. The van der Waals surface area contributed by atoms with E-state index in [1.54, 1.807) is 6.07 Å². The monoisotopic (exact) mass is 522 g/mol. The van der Waals surface area contributed by atoms with Crippen molar-refractivity contribution < 1.29 is 17.9 Å². The van der Waals surface area contributed by atoms with Crippen LogP contribution in [-0.4, -0.2) is 23.1 Å². The summed E-state index contributed by atoms with van der Waals surface area (Å²) in [5.74, 6) is -1.02. The van der Waals surface area contributed by atoms with Crippen molar-refractivity contribution in [3.05, 3.63) is 80.6 Å². The van der Waals surface area contributed by atoms with Crippen molar-refractivity contribution in [2.45, 2.75) is 55.4 Å². The van der Waals surface area contributed by atoms with Crippen LogP contribution in [0.3, 0.4) is 0 Å². The first-order chi connectivity index (χ1) is 15.2. The first kappa shape index (κ1) is 24.1. The molecule has 0 radical (unpaired) electrons. The number of halogens is 2. The van der Waals surface area contributed by atoms with E-state index < -0.39 is 38.0 Å². The molecule has 9 heteroatoms. The number of benzene rings is 2. The zero-order valence-corrected chi connectivity index (χ0v) is 20.2. The Hall–Kier alpha value is -2.52. The van der Waals surface area contributed by atoms with Crippen molar-refractivity contribution in [3.63, 3.8) is 0 Å². The van der Waals surface area contributed by atoms with Gasteiger partial charge in [0.05, 0.1) is 10.9 Å². The van der Waals surface area contributed by atoms with E-state index in [1.807, 2.05) is 13.8 Å².